The van der Waals surface area contributed by atoms with E-state index in [-0.39, 0.29) is 14.9 Å². The van der Waals surface area contributed by atoms with Crippen molar-refractivity contribution in [3.05, 3.63) is 31.4 Å². The van der Waals surface area contributed by atoms with Crippen molar-refractivity contribution in [1.29, 1.82) is 0 Å². The molecule has 0 aliphatic carbocycles. The molecule has 0 bridgehead atoms. The van der Waals surface area contributed by atoms with E-state index in [0.29, 0.717) is 0 Å². The van der Waals surface area contributed by atoms with Crippen molar-refractivity contribution in [3.63, 3.8) is 0 Å². The van der Waals surface area contributed by atoms with E-state index in [9.17, 15) is 23.7 Å². The third kappa shape index (κ3) is 3.32. The lowest BCUT2D eigenvalue weighted by Gasteiger charge is -2.08. The first-order valence-electron chi connectivity index (χ1n) is 4.26. The van der Waals surface area contributed by atoms with Crippen molar-refractivity contribution in [2.75, 3.05) is 0 Å². The smallest absolute Gasteiger partial charge is 0.387 e. The summed E-state index contributed by atoms with van der Waals surface area (Å²) in [5.41, 5.74) is -0.686. The van der Waals surface area contributed by atoms with Gasteiger partial charge >= 0.3 is 6.61 Å². The Kier molecular flexibility index (Phi) is 4.32. The number of nitro groups is 1. The van der Waals surface area contributed by atoms with Gasteiger partial charge in [-0.2, -0.15) is 8.78 Å². The molecular weight excluding hydrogens is 351 g/mol. The van der Waals surface area contributed by atoms with Crippen LogP contribution in [0.15, 0.2) is 12.1 Å². The van der Waals surface area contributed by atoms with E-state index in [4.69, 9.17) is 0 Å². The number of hydrogen-bond donors (Lipinski definition) is 0. The summed E-state index contributed by atoms with van der Waals surface area (Å²) in [6.45, 7) is -1.94. The Morgan fingerprint density at radius 1 is 1.53 bits per heavy atom. The van der Waals surface area contributed by atoms with Crippen molar-refractivity contribution in [2.45, 2.75) is 13.5 Å². The van der Waals surface area contributed by atoms with E-state index in [1.807, 2.05) is 0 Å². The maximum Gasteiger partial charge on any atom is 0.387 e. The molecule has 0 aliphatic heterocycles. The summed E-state index contributed by atoms with van der Waals surface area (Å²) in [6.07, 6.45) is 0. The zero-order valence-electron chi connectivity index (χ0n) is 8.45. The van der Waals surface area contributed by atoms with Gasteiger partial charge in [0.15, 0.2) is 5.78 Å². The van der Waals surface area contributed by atoms with Gasteiger partial charge in [0.2, 0.25) is 0 Å². The molecule has 0 unspecified atom stereocenters. The number of Topliss-reactive ketones (excluding diaryl/α,β-unsaturated/α-hetero) is 1. The average molecular weight is 357 g/mol. The number of benzene rings is 1. The minimum Gasteiger partial charge on any atom is -0.434 e. The van der Waals surface area contributed by atoms with Crippen LogP contribution < -0.4 is 4.74 Å². The Bertz CT molecular complexity index is 478. The number of halogens is 3. The molecule has 0 aliphatic rings. The van der Waals surface area contributed by atoms with Gasteiger partial charge < -0.3 is 4.74 Å². The van der Waals surface area contributed by atoms with Gasteiger partial charge in [-0.05, 0) is 35.6 Å². The highest BCUT2D eigenvalue weighted by Crippen LogP contribution is 2.31. The molecule has 0 radical (unpaired) electrons. The first-order valence-corrected chi connectivity index (χ1v) is 5.34. The molecule has 0 N–H and O–H groups in total. The summed E-state index contributed by atoms with van der Waals surface area (Å²) in [7, 11) is 0. The summed E-state index contributed by atoms with van der Waals surface area (Å²) < 4.78 is 28.4. The molecule has 0 amide bonds. The molecule has 8 heteroatoms. The number of ketones is 1. The van der Waals surface area contributed by atoms with E-state index in [0.717, 1.165) is 19.1 Å². The van der Waals surface area contributed by atoms with Gasteiger partial charge in [0, 0.05) is 6.07 Å². The number of carbonyl (C=O) groups is 1. The van der Waals surface area contributed by atoms with Crippen LogP contribution in [-0.4, -0.2) is 17.3 Å². The fourth-order valence-electron chi connectivity index (χ4n) is 1.16. The first-order chi connectivity index (χ1) is 7.82. The highest BCUT2D eigenvalue weighted by atomic mass is 127. The molecule has 1 aromatic rings. The third-order valence-corrected chi connectivity index (χ3v) is 2.69. The van der Waals surface area contributed by atoms with E-state index in [2.05, 4.69) is 4.74 Å². The molecule has 0 heterocycles. The van der Waals surface area contributed by atoms with E-state index in [1.54, 1.807) is 22.6 Å². The summed E-state index contributed by atoms with van der Waals surface area (Å²) in [6, 6.07) is 1.98. The van der Waals surface area contributed by atoms with E-state index < -0.39 is 23.0 Å². The molecule has 1 rings (SSSR count). The Balaban J connectivity index is 3.34. The van der Waals surface area contributed by atoms with E-state index in [1.165, 1.54) is 0 Å². The van der Waals surface area contributed by atoms with Crippen LogP contribution in [0.4, 0.5) is 14.5 Å². The Hall–Kier alpha value is -1.32. The Morgan fingerprint density at radius 2 is 2.12 bits per heavy atom. The molecule has 0 atom stereocenters. The summed E-state index contributed by atoms with van der Waals surface area (Å²) in [5, 5.41) is 10.7. The highest BCUT2D eigenvalue weighted by Gasteiger charge is 2.22. The van der Waals surface area contributed by atoms with Crippen LogP contribution in [0.1, 0.15) is 17.3 Å². The van der Waals surface area contributed by atoms with Gasteiger partial charge in [-0.15, -0.1) is 0 Å². The molecule has 92 valence electrons. The quantitative estimate of drug-likeness (QED) is 0.360. The Morgan fingerprint density at radius 3 is 2.53 bits per heavy atom. The standard InChI is InChI=1S/C9H6F2INO4/c1-4(14)5-2-8(17-9(10)11)6(12)3-7(5)13(15)16/h2-3,9H,1H3. The molecule has 0 aromatic heterocycles. The lowest BCUT2D eigenvalue weighted by molar-refractivity contribution is -0.385. The lowest BCUT2D eigenvalue weighted by atomic mass is 10.1. The summed E-state index contributed by atoms with van der Waals surface area (Å²) in [4.78, 5) is 21.1. The molecular formula is C9H6F2INO4. The predicted molar refractivity (Wildman–Crippen MR) is 62.4 cm³/mol. The number of carbonyl (C=O) groups excluding carboxylic acids is 1. The number of alkyl halides is 2. The van der Waals surface area contributed by atoms with Gasteiger partial charge in [0.1, 0.15) is 5.75 Å². The van der Waals surface area contributed by atoms with Crippen LogP contribution in [0.2, 0.25) is 0 Å². The number of ether oxygens (including phenoxy) is 1. The second-order valence-corrected chi connectivity index (χ2v) is 4.15. The second kappa shape index (κ2) is 5.34. The van der Waals surface area contributed by atoms with Crippen molar-refractivity contribution in [2.24, 2.45) is 0 Å². The first kappa shape index (κ1) is 13.7. The van der Waals surface area contributed by atoms with Crippen LogP contribution in [0.3, 0.4) is 0 Å². The maximum absolute atomic E-state index is 12.0. The van der Waals surface area contributed by atoms with Crippen LogP contribution in [0.5, 0.6) is 5.75 Å². The average Bonchev–Trinajstić information content (AvgIpc) is 2.19. The number of hydrogen-bond acceptors (Lipinski definition) is 4. The molecule has 0 saturated heterocycles. The SMILES string of the molecule is CC(=O)c1cc(OC(F)F)c(I)cc1[N+](=O)[O-]. The number of nitrogens with zero attached hydrogens (tertiary/aromatic N) is 1. The monoisotopic (exact) mass is 357 g/mol. The fraction of sp³-hybridized carbons (Fsp3) is 0.222. The molecule has 0 fully saturated rings. The number of rotatable bonds is 4. The summed E-state index contributed by atoms with van der Waals surface area (Å²) in [5.74, 6) is -0.844. The predicted octanol–water partition coefficient (Wildman–Crippen LogP) is 3.00. The van der Waals surface area contributed by atoms with Gasteiger partial charge in [-0.1, -0.05) is 0 Å². The lowest BCUT2D eigenvalue weighted by Crippen LogP contribution is -2.07. The number of nitro benzene ring substituents is 1. The van der Waals surface area contributed by atoms with Crippen LogP contribution in [0, 0.1) is 13.7 Å². The highest BCUT2D eigenvalue weighted by molar-refractivity contribution is 14.1. The van der Waals surface area contributed by atoms with Gasteiger partial charge in [-0.25, -0.2) is 0 Å². The normalized spacial score (nSPS) is 10.4. The minimum absolute atomic E-state index is 0.139. The minimum atomic E-state index is -3.05. The van der Waals surface area contributed by atoms with Gasteiger partial charge in [0.25, 0.3) is 5.69 Å². The van der Waals surface area contributed by atoms with Gasteiger partial charge in [0.05, 0.1) is 14.1 Å². The molecule has 1 aromatic carbocycles. The van der Waals surface area contributed by atoms with Crippen molar-refractivity contribution in [3.8, 4) is 5.75 Å². The molecule has 5 nitrogen and oxygen atoms in total. The van der Waals surface area contributed by atoms with Crippen LogP contribution in [-0.2, 0) is 0 Å². The largest absolute Gasteiger partial charge is 0.434 e. The van der Waals surface area contributed by atoms with Crippen molar-refractivity contribution < 1.29 is 23.2 Å². The molecule has 0 saturated carbocycles. The van der Waals surface area contributed by atoms with Crippen molar-refractivity contribution >= 4 is 34.1 Å². The zero-order valence-corrected chi connectivity index (χ0v) is 10.6. The van der Waals surface area contributed by atoms with Crippen LogP contribution >= 0.6 is 22.6 Å². The zero-order chi connectivity index (χ0) is 13.2. The molecule has 17 heavy (non-hydrogen) atoms. The summed E-state index contributed by atoms with van der Waals surface area (Å²) >= 11 is 1.62. The van der Waals surface area contributed by atoms with Crippen LogP contribution in [0.25, 0.3) is 0 Å². The van der Waals surface area contributed by atoms with Gasteiger partial charge in [-0.3, -0.25) is 14.9 Å². The van der Waals surface area contributed by atoms with E-state index >= 15 is 0 Å². The molecule has 0 spiro atoms. The van der Waals surface area contributed by atoms with Crippen molar-refractivity contribution in [1.82, 2.24) is 0 Å². The Labute approximate surface area is 108 Å². The maximum atomic E-state index is 12.0. The topological polar surface area (TPSA) is 69.4 Å². The fourth-order valence-corrected chi connectivity index (χ4v) is 1.74. The third-order valence-electron chi connectivity index (χ3n) is 1.84. The second-order valence-electron chi connectivity index (χ2n) is 2.99.